The summed E-state index contributed by atoms with van der Waals surface area (Å²) in [7, 11) is 0. The van der Waals surface area contributed by atoms with Crippen molar-refractivity contribution in [2.45, 2.75) is 25.7 Å². The lowest BCUT2D eigenvalue weighted by Crippen LogP contribution is -2.36. The molecule has 0 spiro atoms. The van der Waals surface area contributed by atoms with Gasteiger partial charge in [0.15, 0.2) is 0 Å². The molecule has 3 rings (SSSR count). The standard InChI is InChI=1S/C21H25ClN2O3/c1-2-15(14-21(25)26)16-3-8-20(24-9-11-27-12-10-24)19(13-16)23-18-6-4-17(22)5-7-18/h3-8,13,15,23H,2,9-12,14H2,1H3,(H,25,26)/t15-/m0/s1. The van der Waals surface area contributed by atoms with Crippen molar-refractivity contribution < 1.29 is 14.6 Å². The number of hydrogen-bond acceptors (Lipinski definition) is 4. The van der Waals surface area contributed by atoms with Gasteiger partial charge in [-0.3, -0.25) is 4.79 Å². The normalized spacial score (nSPS) is 15.4. The zero-order chi connectivity index (χ0) is 19.2. The number of anilines is 3. The molecule has 144 valence electrons. The van der Waals surface area contributed by atoms with Gasteiger partial charge in [0.05, 0.1) is 31.0 Å². The largest absolute Gasteiger partial charge is 0.481 e. The maximum atomic E-state index is 11.2. The zero-order valence-corrected chi connectivity index (χ0v) is 16.2. The molecule has 1 atom stereocenters. The summed E-state index contributed by atoms with van der Waals surface area (Å²) in [5, 5.41) is 13.4. The second kappa shape index (κ2) is 9.11. The van der Waals surface area contributed by atoms with Crippen molar-refractivity contribution >= 4 is 34.6 Å². The third-order valence-corrected chi connectivity index (χ3v) is 5.13. The molecular formula is C21H25ClN2O3. The second-order valence-electron chi connectivity index (χ2n) is 6.71. The van der Waals surface area contributed by atoms with Crippen LogP contribution >= 0.6 is 11.6 Å². The Hall–Kier alpha value is -2.24. The van der Waals surface area contributed by atoms with Crippen LogP contribution in [0.2, 0.25) is 5.02 Å². The Morgan fingerprint density at radius 1 is 1.22 bits per heavy atom. The van der Waals surface area contributed by atoms with Crippen LogP contribution in [0.5, 0.6) is 0 Å². The fourth-order valence-corrected chi connectivity index (χ4v) is 3.51. The number of morpholine rings is 1. The van der Waals surface area contributed by atoms with Crippen LogP contribution in [0.15, 0.2) is 42.5 Å². The average molecular weight is 389 g/mol. The minimum absolute atomic E-state index is 0.00740. The first-order valence-electron chi connectivity index (χ1n) is 9.28. The van der Waals surface area contributed by atoms with Crippen molar-refractivity contribution in [3.8, 4) is 0 Å². The van der Waals surface area contributed by atoms with Crippen molar-refractivity contribution in [1.82, 2.24) is 0 Å². The molecule has 6 heteroatoms. The number of benzene rings is 2. The smallest absolute Gasteiger partial charge is 0.303 e. The zero-order valence-electron chi connectivity index (χ0n) is 15.5. The van der Waals surface area contributed by atoms with Crippen molar-refractivity contribution in [3.05, 3.63) is 53.1 Å². The topological polar surface area (TPSA) is 61.8 Å². The van der Waals surface area contributed by atoms with Crippen molar-refractivity contribution in [2.75, 3.05) is 36.5 Å². The summed E-state index contributed by atoms with van der Waals surface area (Å²) in [5.74, 6) is -0.779. The van der Waals surface area contributed by atoms with E-state index in [4.69, 9.17) is 16.3 Å². The first kappa shape index (κ1) is 19.5. The predicted molar refractivity (Wildman–Crippen MR) is 109 cm³/mol. The molecule has 0 bridgehead atoms. The first-order chi connectivity index (χ1) is 13.1. The highest BCUT2D eigenvalue weighted by Gasteiger charge is 2.19. The Morgan fingerprint density at radius 2 is 1.93 bits per heavy atom. The molecule has 1 heterocycles. The number of hydrogen-bond donors (Lipinski definition) is 2. The van der Waals surface area contributed by atoms with Crippen molar-refractivity contribution in [3.63, 3.8) is 0 Å². The summed E-state index contributed by atoms with van der Waals surface area (Å²) in [6.07, 6.45) is 0.914. The number of carboxylic acid groups (broad SMARTS) is 1. The van der Waals surface area contributed by atoms with Gasteiger partial charge in [-0.2, -0.15) is 0 Å². The average Bonchev–Trinajstić information content (AvgIpc) is 2.68. The van der Waals surface area contributed by atoms with Crippen LogP contribution in [-0.2, 0) is 9.53 Å². The van der Waals surface area contributed by atoms with E-state index in [2.05, 4.69) is 28.4 Å². The molecule has 1 fully saturated rings. The molecule has 1 aliphatic rings. The molecule has 0 aliphatic carbocycles. The minimum Gasteiger partial charge on any atom is -0.481 e. The molecule has 5 nitrogen and oxygen atoms in total. The van der Waals surface area contributed by atoms with E-state index < -0.39 is 5.97 Å². The third kappa shape index (κ3) is 5.15. The summed E-state index contributed by atoms with van der Waals surface area (Å²) < 4.78 is 5.47. The monoisotopic (exact) mass is 388 g/mol. The summed E-state index contributed by atoms with van der Waals surface area (Å²) in [5.41, 5.74) is 4.05. The maximum absolute atomic E-state index is 11.2. The Bertz CT molecular complexity index is 773. The van der Waals surface area contributed by atoms with Crippen LogP contribution < -0.4 is 10.2 Å². The third-order valence-electron chi connectivity index (χ3n) is 4.88. The van der Waals surface area contributed by atoms with E-state index in [1.807, 2.05) is 31.2 Å². The number of halogens is 1. The summed E-state index contributed by atoms with van der Waals surface area (Å²) in [6, 6.07) is 13.8. The van der Waals surface area contributed by atoms with Crippen molar-refractivity contribution in [2.24, 2.45) is 0 Å². The summed E-state index contributed by atoms with van der Waals surface area (Å²) in [4.78, 5) is 13.5. The molecule has 0 radical (unpaired) electrons. The van der Waals surface area contributed by atoms with Gasteiger partial charge >= 0.3 is 5.97 Å². The molecular weight excluding hydrogens is 364 g/mol. The number of nitrogens with one attached hydrogen (secondary N) is 1. The second-order valence-corrected chi connectivity index (χ2v) is 7.15. The summed E-state index contributed by atoms with van der Waals surface area (Å²) in [6.45, 7) is 5.11. The predicted octanol–water partition coefficient (Wildman–Crippen LogP) is 4.89. The Morgan fingerprint density at radius 3 is 2.56 bits per heavy atom. The number of aliphatic carboxylic acids is 1. The van der Waals surface area contributed by atoms with Crippen LogP contribution in [0.4, 0.5) is 17.1 Å². The van der Waals surface area contributed by atoms with E-state index in [0.29, 0.717) is 18.2 Å². The number of carbonyl (C=O) groups is 1. The molecule has 27 heavy (non-hydrogen) atoms. The molecule has 0 amide bonds. The molecule has 2 aromatic rings. The Balaban J connectivity index is 1.94. The first-order valence-corrected chi connectivity index (χ1v) is 9.65. The highest BCUT2D eigenvalue weighted by Crippen LogP contribution is 2.35. The van der Waals surface area contributed by atoms with Gasteiger partial charge in [-0.15, -0.1) is 0 Å². The molecule has 2 N–H and O–H groups in total. The lowest BCUT2D eigenvalue weighted by atomic mass is 9.92. The van der Waals surface area contributed by atoms with E-state index >= 15 is 0 Å². The Labute approximate surface area is 164 Å². The summed E-state index contributed by atoms with van der Waals surface area (Å²) >= 11 is 6.00. The maximum Gasteiger partial charge on any atom is 0.303 e. The molecule has 0 unspecified atom stereocenters. The highest BCUT2D eigenvalue weighted by atomic mass is 35.5. The fourth-order valence-electron chi connectivity index (χ4n) is 3.39. The van der Waals surface area contributed by atoms with Gasteiger partial charge in [-0.05, 0) is 54.3 Å². The Kier molecular flexibility index (Phi) is 6.58. The molecule has 2 aromatic carbocycles. The van der Waals surface area contributed by atoms with Crippen LogP contribution in [0.3, 0.4) is 0 Å². The number of nitrogens with zero attached hydrogens (tertiary/aromatic N) is 1. The lowest BCUT2D eigenvalue weighted by Gasteiger charge is -2.31. The number of carboxylic acids is 1. The van der Waals surface area contributed by atoms with Crippen LogP contribution in [0.25, 0.3) is 0 Å². The van der Waals surface area contributed by atoms with E-state index in [1.165, 1.54) is 0 Å². The van der Waals surface area contributed by atoms with Crippen LogP contribution in [-0.4, -0.2) is 37.4 Å². The highest BCUT2D eigenvalue weighted by molar-refractivity contribution is 6.30. The van der Waals surface area contributed by atoms with Crippen LogP contribution in [0.1, 0.15) is 31.2 Å². The van der Waals surface area contributed by atoms with E-state index in [9.17, 15) is 9.90 Å². The fraction of sp³-hybridized carbons (Fsp3) is 0.381. The van der Waals surface area contributed by atoms with Gasteiger partial charge in [0.2, 0.25) is 0 Å². The number of ether oxygens (including phenoxy) is 1. The molecule has 0 saturated carbocycles. The van der Waals surface area contributed by atoms with Crippen molar-refractivity contribution in [1.29, 1.82) is 0 Å². The lowest BCUT2D eigenvalue weighted by molar-refractivity contribution is -0.137. The molecule has 1 aliphatic heterocycles. The van der Waals surface area contributed by atoms with E-state index in [1.54, 1.807) is 0 Å². The molecule has 0 aromatic heterocycles. The van der Waals surface area contributed by atoms with Gasteiger partial charge in [0, 0.05) is 23.8 Å². The van der Waals surface area contributed by atoms with Gasteiger partial charge in [0.25, 0.3) is 0 Å². The van der Waals surface area contributed by atoms with E-state index in [0.717, 1.165) is 42.1 Å². The van der Waals surface area contributed by atoms with Gasteiger partial charge in [-0.25, -0.2) is 0 Å². The quantitative estimate of drug-likeness (QED) is 0.707. The van der Waals surface area contributed by atoms with Gasteiger partial charge < -0.3 is 20.1 Å². The van der Waals surface area contributed by atoms with Gasteiger partial charge in [-0.1, -0.05) is 24.6 Å². The molecule has 1 saturated heterocycles. The van der Waals surface area contributed by atoms with E-state index in [-0.39, 0.29) is 12.3 Å². The van der Waals surface area contributed by atoms with Gasteiger partial charge in [0.1, 0.15) is 0 Å². The van der Waals surface area contributed by atoms with Crippen LogP contribution in [0, 0.1) is 0 Å². The number of rotatable bonds is 7. The SMILES string of the molecule is CC[C@@H](CC(=O)O)c1ccc(N2CCOCC2)c(Nc2ccc(Cl)cc2)c1. The minimum atomic E-state index is -0.772.